The van der Waals surface area contributed by atoms with Crippen LogP contribution >= 0.6 is 0 Å². The third-order valence-corrected chi connectivity index (χ3v) is 3.58. The molecule has 1 aliphatic heterocycles. The zero-order chi connectivity index (χ0) is 14.3. The molecular formula is C15H19N3O2. The smallest absolute Gasteiger partial charge is 0.205 e. The van der Waals surface area contributed by atoms with Gasteiger partial charge in [-0.05, 0) is 19.4 Å². The monoisotopic (exact) mass is 273 g/mol. The summed E-state index contributed by atoms with van der Waals surface area (Å²) in [5, 5.41) is 0. The number of hydrogen-bond acceptors (Lipinski definition) is 4. The highest BCUT2D eigenvalue weighted by Crippen LogP contribution is 2.35. The number of imidazole rings is 1. The standard InChI is InChI=1S/C15H19N3O2/c1-10-14-13(9-19-15(3,4)20-14)12(7-17-10)8-18-6-5-16-11(18)2/h5-7H,8-9H2,1-4H3. The highest BCUT2D eigenvalue weighted by atomic mass is 16.7. The minimum Gasteiger partial charge on any atom is -0.461 e. The molecule has 0 amide bonds. The second-order valence-electron chi connectivity index (χ2n) is 5.57. The van der Waals surface area contributed by atoms with Gasteiger partial charge in [-0.15, -0.1) is 0 Å². The van der Waals surface area contributed by atoms with Crippen molar-refractivity contribution in [3.05, 3.63) is 41.2 Å². The fourth-order valence-corrected chi connectivity index (χ4v) is 2.38. The lowest BCUT2D eigenvalue weighted by Crippen LogP contribution is -2.36. The maximum absolute atomic E-state index is 5.93. The van der Waals surface area contributed by atoms with Crippen LogP contribution in [0.2, 0.25) is 0 Å². The molecule has 0 bridgehead atoms. The lowest BCUT2D eigenvalue weighted by Gasteiger charge is -2.34. The van der Waals surface area contributed by atoms with Gasteiger partial charge in [0.25, 0.3) is 0 Å². The van der Waals surface area contributed by atoms with Crippen molar-refractivity contribution in [3.8, 4) is 5.75 Å². The van der Waals surface area contributed by atoms with E-state index in [-0.39, 0.29) is 0 Å². The fourth-order valence-electron chi connectivity index (χ4n) is 2.38. The molecule has 0 unspecified atom stereocenters. The zero-order valence-corrected chi connectivity index (χ0v) is 12.3. The Morgan fingerprint density at radius 3 is 2.80 bits per heavy atom. The third-order valence-electron chi connectivity index (χ3n) is 3.58. The van der Waals surface area contributed by atoms with Gasteiger partial charge >= 0.3 is 0 Å². The topological polar surface area (TPSA) is 49.2 Å². The van der Waals surface area contributed by atoms with Crippen LogP contribution < -0.4 is 4.74 Å². The van der Waals surface area contributed by atoms with E-state index < -0.39 is 5.79 Å². The average molecular weight is 273 g/mol. The van der Waals surface area contributed by atoms with Gasteiger partial charge < -0.3 is 14.0 Å². The predicted octanol–water partition coefficient (Wildman–Crippen LogP) is 2.59. The van der Waals surface area contributed by atoms with Crippen LogP contribution in [0.3, 0.4) is 0 Å². The Kier molecular flexibility index (Phi) is 3.01. The number of fused-ring (bicyclic) bond motifs is 1. The molecule has 1 aliphatic rings. The average Bonchev–Trinajstić information content (AvgIpc) is 2.78. The second-order valence-corrected chi connectivity index (χ2v) is 5.57. The van der Waals surface area contributed by atoms with Gasteiger partial charge in [-0.3, -0.25) is 4.98 Å². The normalized spacial score (nSPS) is 16.6. The van der Waals surface area contributed by atoms with E-state index in [9.17, 15) is 0 Å². The number of aryl methyl sites for hydroxylation is 2. The summed E-state index contributed by atoms with van der Waals surface area (Å²) in [6.45, 7) is 9.07. The molecule has 0 saturated heterocycles. The Morgan fingerprint density at radius 2 is 2.10 bits per heavy atom. The number of aromatic nitrogens is 3. The number of pyridine rings is 1. The van der Waals surface area contributed by atoms with Crippen molar-refractivity contribution in [2.45, 2.75) is 46.6 Å². The van der Waals surface area contributed by atoms with Crippen LogP contribution in [0.5, 0.6) is 5.75 Å². The lowest BCUT2D eigenvalue weighted by atomic mass is 10.1. The minimum absolute atomic E-state index is 0.550. The Bertz CT molecular complexity index is 647. The highest BCUT2D eigenvalue weighted by molar-refractivity contribution is 5.43. The molecule has 0 saturated carbocycles. The van der Waals surface area contributed by atoms with Gasteiger partial charge in [-0.25, -0.2) is 4.98 Å². The van der Waals surface area contributed by atoms with Crippen LogP contribution in [0.15, 0.2) is 18.6 Å². The Balaban J connectivity index is 2.00. The van der Waals surface area contributed by atoms with Gasteiger partial charge in [-0.1, -0.05) is 0 Å². The van der Waals surface area contributed by atoms with E-state index >= 15 is 0 Å². The SMILES string of the molecule is Cc1ncc(Cn2ccnc2C)c2c1OC(C)(C)OC2. The van der Waals surface area contributed by atoms with Gasteiger partial charge in [-0.2, -0.15) is 0 Å². The molecule has 3 heterocycles. The van der Waals surface area contributed by atoms with E-state index in [1.807, 2.05) is 40.1 Å². The Morgan fingerprint density at radius 1 is 1.30 bits per heavy atom. The molecule has 106 valence electrons. The third kappa shape index (κ3) is 2.29. The van der Waals surface area contributed by atoms with E-state index in [1.54, 1.807) is 6.20 Å². The van der Waals surface area contributed by atoms with Crippen molar-refractivity contribution in [3.63, 3.8) is 0 Å². The van der Waals surface area contributed by atoms with Gasteiger partial charge in [0.2, 0.25) is 5.79 Å². The molecule has 0 aliphatic carbocycles. The largest absolute Gasteiger partial charge is 0.461 e. The van der Waals surface area contributed by atoms with Crippen LogP contribution in [-0.2, 0) is 17.9 Å². The molecule has 0 aromatic carbocycles. The number of rotatable bonds is 2. The summed E-state index contributed by atoms with van der Waals surface area (Å²) in [6, 6.07) is 0. The van der Waals surface area contributed by atoms with Gasteiger partial charge in [0.15, 0.2) is 0 Å². The van der Waals surface area contributed by atoms with Crippen molar-refractivity contribution < 1.29 is 9.47 Å². The molecule has 0 N–H and O–H groups in total. The van der Waals surface area contributed by atoms with E-state index in [4.69, 9.17) is 9.47 Å². The molecule has 20 heavy (non-hydrogen) atoms. The maximum Gasteiger partial charge on any atom is 0.205 e. The molecule has 5 nitrogen and oxygen atoms in total. The summed E-state index contributed by atoms with van der Waals surface area (Å²) in [5.74, 6) is 1.25. The van der Waals surface area contributed by atoms with Gasteiger partial charge in [0.05, 0.1) is 18.8 Å². The van der Waals surface area contributed by atoms with Crippen LogP contribution in [0.4, 0.5) is 0 Å². The van der Waals surface area contributed by atoms with Crippen molar-refractivity contribution in [2.24, 2.45) is 0 Å². The van der Waals surface area contributed by atoms with Crippen molar-refractivity contribution in [2.75, 3.05) is 0 Å². The molecule has 5 heteroatoms. The van der Waals surface area contributed by atoms with Gasteiger partial charge in [0.1, 0.15) is 11.6 Å². The summed E-state index contributed by atoms with van der Waals surface area (Å²) >= 11 is 0. The van der Waals surface area contributed by atoms with Crippen LogP contribution in [-0.4, -0.2) is 20.3 Å². The Hall–Kier alpha value is -1.88. The minimum atomic E-state index is -0.594. The van der Waals surface area contributed by atoms with Gasteiger partial charge in [0, 0.05) is 38.0 Å². The van der Waals surface area contributed by atoms with Crippen molar-refractivity contribution >= 4 is 0 Å². The fraction of sp³-hybridized carbons (Fsp3) is 0.467. The molecule has 0 atom stereocenters. The zero-order valence-electron chi connectivity index (χ0n) is 12.3. The molecular weight excluding hydrogens is 254 g/mol. The molecule has 2 aromatic heterocycles. The summed E-state index contributed by atoms with van der Waals surface area (Å²) in [5.41, 5.74) is 3.11. The molecule has 0 radical (unpaired) electrons. The van der Waals surface area contributed by atoms with Crippen LogP contribution in [0.1, 0.15) is 36.5 Å². The molecule has 2 aromatic rings. The molecule has 0 fully saturated rings. The summed E-state index contributed by atoms with van der Waals surface area (Å²) < 4.78 is 13.8. The van der Waals surface area contributed by atoms with Crippen LogP contribution in [0, 0.1) is 13.8 Å². The summed E-state index contributed by atoms with van der Waals surface area (Å²) in [6.07, 6.45) is 5.67. The maximum atomic E-state index is 5.93. The summed E-state index contributed by atoms with van der Waals surface area (Å²) in [4.78, 5) is 8.70. The van der Waals surface area contributed by atoms with Crippen molar-refractivity contribution in [1.82, 2.24) is 14.5 Å². The number of nitrogens with zero attached hydrogens (tertiary/aromatic N) is 3. The van der Waals surface area contributed by atoms with Crippen molar-refractivity contribution in [1.29, 1.82) is 0 Å². The Labute approximate surface area is 118 Å². The first-order valence-electron chi connectivity index (χ1n) is 6.74. The number of ether oxygens (including phenoxy) is 2. The van der Waals surface area contributed by atoms with E-state index in [0.717, 1.165) is 34.9 Å². The molecule has 0 spiro atoms. The lowest BCUT2D eigenvalue weighted by molar-refractivity contribution is -0.180. The van der Waals surface area contributed by atoms with Crippen LogP contribution in [0.25, 0.3) is 0 Å². The molecule has 3 rings (SSSR count). The summed E-state index contributed by atoms with van der Waals surface area (Å²) in [7, 11) is 0. The van der Waals surface area contributed by atoms with E-state index in [2.05, 4.69) is 14.5 Å². The van der Waals surface area contributed by atoms with E-state index in [1.165, 1.54) is 0 Å². The first-order valence-corrected chi connectivity index (χ1v) is 6.74. The predicted molar refractivity (Wildman–Crippen MR) is 74.5 cm³/mol. The highest BCUT2D eigenvalue weighted by Gasteiger charge is 2.30. The first-order chi connectivity index (χ1) is 9.46. The second kappa shape index (κ2) is 4.59. The first kappa shape index (κ1) is 13.1. The number of hydrogen-bond donors (Lipinski definition) is 0. The quantitative estimate of drug-likeness (QED) is 0.844. The van der Waals surface area contributed by atoms with E-state index in [0.29, 0.717) is 6.61 Å².